The van der Waals surface area contributed by atoms with Crippen LogP contribution in [0.25, 0.3) is 10.4 Å². The molecule has 2 saturated heterocycles. The number of aliphatic hydroxyl groups is 2. The lowest BCUT2D eigenvalue weighted by Crippen LogP contribution is -2.66. The highest BCUT2D eigenvalue weighted by atomic mass is 16.7. The third kappa shape index (κ3) is 3.32. The Kier molecular flexibility index (Phi) is 4.82. The number of hydrogen-bond donors (Lipinski definition) is 2. The molecule has 1 aromatic carbocycles. The van der Waals surface area contributed by atoms with Gasteiger partial charge in [0.25, 0.3) is 0 Å². The molecule has 0 aliphatic carbocycles. The van der Waals surface area contributed by atoms with Crippen LogP contribution in [0.5, 0.6) is 0 Å². The summed E-state index contributed by atoms with van der Waals surface area (Å²) in [6.45, 7) is 0.487. The molecular weight excluding hydrogens is 302 g/mol. The number of hydrogen-bond acceptors (Lipinski definition) is 6. The van der Waals surface area contributed by atoms with Crippen LogP contribution in [0.4, 0.5) is 0 Å². The predicted molar refractivity (Wildman–Crippen MR) is 79.2 cm³/mol. The molecule has 23 heavy (non-hydrogen) atoms. The molecule has 2 fully saturated rings. The van der Waals surface area contributed by atoms with Gasteiger partial charge in [0.05, 0.1) is 38.1 Å². The SMILES string of the molecule is [N-]=[N+]=N[C@@H]1[C@H](O)C[C@]2(COCc3ccccc3)O[C@H]1CO[C@@H]2O. The van der Waals surface area contributed by atoms with E-state index in [4.69, 9.17) is 19.7 Å². The van der Waals surface area contributed by atoms with Crippen molar-refractivity contribution in [2.24, 2.45) is 5.11 Å². The van der Waals surface area contributed by atoms with Crippen LogP contribution in [0, 0.1) is 0 Å². The van der Waals surface area contributed by atoms with Gasteiger partial charge < -0.3 is 24.4 Å². The number of ether oxygens (including phenoxy) is 3. The normalized spacial score (nSPS) is 36.3. The van der Waals surface area contributed by atoms with E-state index in [2.05, 4.69) is 10.0 Å². The molecular formula is C15H19N3O5. The first-order valence-corrected chi connectivity index (χ1v) is 7.46. The minimum atomic E-state index is -1.20. The molecule has 0 amide bonds. The van der Waals surface area contributed by atoms with E-state index in [1.54, 1.807) is 0 Å². The summed E-state index contributed by atoms with van der Waals surface area (Å²) in [5, 5.41) is 24.0. The Hall–Kier alpha value is -1.67. The summed E-state index contributed by atoms with van der Waals surface area (Å²) in [5.41, 5.74) is 8.44. The summed E-state index contributed by atoms with van der Waals surface area (Å²) in [6.07, 6.45) is -2.64. The van der Waals surface area contributed by atoms with Crippen LogP contribution in [-0.4, -0.2) is 53.6 Å². The maximum absolute atomic E-state index is 10.2. The van der Waals surface area contributed by atoms with E-state index in [0.29, 0.717) is 6.61 Å². The lowest BCUT2D eigenvalue weighted by Gasteiger charge is -2.51. The second-order valence-corrected chi connectivity index (χ2v) is 5.85. The van der Waals surface area contributed by atoms with Gasteiger partial charge in [-0.15, -0.1) is 0 Å². The largest absolute Gasteiger partial charge is 0.392 e. The van der Waals surface area contributed by atoms with E-state index in [-0.39, 0.29) is 19.6 Å². The summed E-state index contributed by atoms with van der Waals surface area (Å²) in [7, 11) is 0. The number of aliphatic hydroxyl groups excluding tert-OH is 2. The molecule has 0 radical (unpaired) electrons. The number of nitrogens with zero attached hydrogens (tertiary/aromatic N) is 3. The number of fused-ring (bicyclic) bond motifs is 2. The zero-order valence-electron chi connectivity index (χ0n) is 12.5. The number of rotatable bonds is 5. The fraction of sp³-hybridized carbons (Fsp3) is 0.600. The highest BCUT2D eigenvalue weighted by molar-refractivity contribution is 5.13. The lowest BCUT2D eigenvalue weighted by molar-refractivity contribution is -0.343. The predicted octanol–water partition coefficient (Wildman–Crippen LogP) is 1.12. The van der Waals surface area contributed by atoms with Crippen molar-refractivity contribution in [2.45, 2.75) is 43.2 Å². The zero-order valence-corrected chi connectivity index (χ0v) is 12.5. The molecule has 3 rings (SSSR count). The minimum Gasteiger partial charge on any atom is -0.392 e. The molecule has 2 N–H and O–H groups in total. The molecule has 5 atom stereocenters. The van der Waals surface area contributed by atoms with Crippen LogP contribution in [0.1, 0.15) is 12.0 Å². The quantitative estimate of drug-likeness (QED) is 0.479. The molecule has 2 heterocycles. The molecule has 8 nitrogen and oxygen atoms in total. The first-order chi connectivity index (χ1) is 11.1. The highest BCUT2D eigenvalue weighted by Crippen LogP contribution is 2.38. The van der Waals surface area contributed by atoms with Gasteiger partial charge in [-0.05, 0) is 11.1 Å². The summed E-state index contributed by atoms with van der Waals surface area (Å²) < 4.78 is 16.9. The van der Waals surface area contributed by atoms with Gasteiger partial charge in [-0.2, -0.15) is 0 Å². The Morgan fingerprint density at radius 3 is 2.87 bits per heavy atom. The fourth-order valence-corrected chi connectivity index (χ4v) is 3.06. The van der Waals surface area contributed by atoms with E-state index in [1.165, 1.54) is 0 Å². The third-order valence-corrected chi connectivity index (χ3v) is 4.23. The van der Waals surface area contributed by atoms with Gasteiger partial charge in [0, 0.05) is 11.3 Å². The molecule has 0 aromatic heterocycles. The van der Waals surface area contributed by atoms with E-state index in [1.807, 2.05) is 30.3 Å². The molecule has 2 aliphatic heterocycles. The average Bonchev–Trinajstić information content (AvgIpc) is 2.56. The second-order valence-electron chi connectivity index (χ2n) is 5.85. The standard InChI is InChI=1S/C15H19N3O5/c16-18-17-13-11(19)6-15(14(20)22-8-12(13)23-15)9-21-7-10-4-2-1-3-5-10/h1-5,11-14,19-20H,6-9H2/t11-,12+,13-,14+,15-/m1/s1. The van der Waals surface area contributed by atoms with Gasteiger partial charge in [0.2, 0.25) is 0 Å². The van der Waals surface area contributed by atoms with Crippen molar-refractivity contribution in [1.82, 2.24) is 0 Å². The van der Waals surface area contributed by atoms with Crippen molar-refractivity contribution >= 4 is 0 Å². The Morgan fingerprint density at radius 1 is 1.35 bits per heavy atom. The van der Waals surface area contributed by atoms with Crippen molar-refractivity contribution in [3.05, 3.63) is 46.3 Å². The Balaban J connectivity index is 1.67. The van der Waals surface area contributed by atoms with E-state index in [9.17, 15) is 10.2 Å². The Bertz CT molecular complexity index is 576. The lowest BCUT2D eigenvalue weighted by atomic mass is 9.85. The molecule has 0 unspecified atom stereocenters. The molecule has 0 spiro atoms. The van der Waals surface area contributed by atoms with Crippen molar-refractivity contribution in [1.29, 1.82) is 0 Å². The highest BCUT2D eigenvalue weighted by Gasteiger charge is 2.54. The zero-order chi connectivity index (χ0) is 16.3. The summed E-state index contributed by atoms with van der Waals surface area (Å²) in [5.74, 6) is 0. The fourth-order valence-electron chi connectivity index (χ4n) is 3.06. The van der Waals surface area contributed by atoms with Crippen LogP contribution in [0.15, 0.2) is 35.4 Å². The first kappa shape index (κ1) is 16.2. The van der Waals surface area contributed by atoms with Crippen LogP contribution in [0.3, 0.4) is 0 Å². The monoisotopic (exact) mass is 321 g/mol. The Morgan fingerprint density at radius 2 is 2.13 bits per heavy atom. The van der Waals surface area contributed by atoms with E-state index >= 15 is 0 Å². The smallest absolute Gasteiger partial charge is 0.186 e. The third-order valence-electron chi connectivity index (χ3n) is 4.23. The number of azide groups is 1. The van der Waals surface area contributed by atoms with Crippen LogP contribution >= 0.6 is 0 Å². The summed E-state index contributed by atoms with van der Waals surface area (Å²) in [4.78, 5) is 2.74. The van der Waals surface area contributed by atoms with Crippen molar-refractivity contribution in [3.63, 3.8) is 0 Å². The molecule has 2 bridgehead atoms. The average molecular weight is 321 g/mol. The van der Waals surface area contributed by atoms with Crippen molar-refractivity contribution < 1.29 is 24.4 Å². The van der Waals surface area contributed by atoms with Crippen molar-refractivity contribution in [2.75, 3.05) is 13.2 Å². The van der Waals surface area contributed by atoms with Gasteiger partial charge >= 0.3 is 0 Å². The Labute approximate surface area is 133 Å². The summed E-state index contributed by atoms with van der Waals surface area (Å²) >= 11 is 0. The van der Waals surface area contributed by atoms with Gasteiger partial charge in [-0.25, -0.2) is 0 Å². The minimum absolute atomic E-state index is 0.0579. The van der Waals surface area contributed by atoms with Gasteiger partial charge in [0.1, 0.15) is 5.60 Å². The maximum atomic E-state index is 10.2. The molecule has 8 heteroatoms. The number of benzene rings is 1. The topological polar surface area (TPSA) is 117 Å². The van der Waals surface area contributed by atoms with Crippen LogP contribution in [-0.2, 0) is 20.8 Å². The van der Waals surface area contributed by atoms with E-state index in [0.717, 1.165) is 5.56 Å². The second kappa shape index (κ2) is 6.84. The molecule has 1 aromatic rings. The van der Waals surface area contributed by atoms with Gasteiger partial charge in [-0.1, -0.05) is 35.4 Å². The molecule has 0 saturated carbocycles. The maximum Gasteiger partial charge on any atom is 0.186 e. The van der Waals surface area contributed by atoms with Crippen LogP contribution in [0.2, 0.25) is 0 Å². The van der Waals surface area contributed by atoms with Crippen LogP contribution < -0.4 is 0 Å². The van der Waals surface area contributed by atoms with Gasteiger partial charge in [-0.3, -0.25) is 0 Å². The van der Waals surface area contributed by atoms with E-state index < -0.39 is 30.1 Å². The summed E-state index contributed by atoms with van der Waals surface area (Å²) in [6, 6.07) is 8.88. The van der Waals surface area contributed by atoms with Crippen molar-refractivity contribution in [3.8, 4) is 0 Å². The van der Waals surface area contributed by atoms with Gasteiger partial charge in [0.15, 0.2) is 6.29 Å². The molecule has 124 valence electrons. The first-order valence-electron chi connectivity index (χ1n) is 7.46. The molecule has 2 aliphatic rings.